The van der Waals surface area contributed by atoms with Crippen LogP contribution >= 0.6 is 11.6 Å². The van der Waals surface area contributed by atoms with Crippen LogP contribution in [0.4, 0.5) is 0 Å². The number of aromatic nitrogens is 2. The maximum absolute atomic E-state index is 13.2. The Morgan fingerprint density at radius 2 is 1.71 bits per heavy atom. The zero-order chi connectivity index (χ0) is 19.5. The monoisotopic (exact) mass is 391 g/mol. The van der Waals surface area contributed by atoms with Gasteiger partial charge in [0.15, 0.2) is 5.82 Å². The predicted octanol–water partition coefficient (Wildman–Crippen LogP) is 4.47. The molecule has 1 aromatic heterocycles. The molecule has 5 nitrogen and oxygen atoms in total. The van der Waals surface area contributed by atoms with Crippen molar-refractivity contribution in [3.05, 3.63) is 93.7 Å². The number of halogens is 1. The number of methoxy groups -OCH3 is 1. The molecule has 0 radical (unpaired) electrons. The molecule has 1 N–H and O–H groups in total. The maximum atomic E-state index is 13.2. The van der Waals surface area contributed by atoms with E-state index >= 15 is 0 Å². The van der Waals surface area contributed by atoms with Crippen LogP contribution < -0.4 is 15.7 Å². The summed E-state index contributed by atoms with van der Waals surface area (Å²) in [5, 5.41) is 1.19. The Morgan fingerprint density at radius 3 is 2.46 bits per heavy atom. The number of nitrogens with one attached hydrogen (secondary N) is 1. The van der Waals surface area contributed by atoms with E-state index < -0.39 is 0 Å². The van der Waals surface area contributed by atoms with E-state index in [9.17, 15) is 4.79 Å². The molecular weight excluding hydrogens is 374 g/mol. The largest absolute Gasteiger partial charge is 0.497 e. The third-order valence-corrected chi connectivity index (χ3v) is 4.88. The SMILES string of the molecule is COc1ccc(-c2nc3ccccc3c(=O)n2NCc2ccccc2Cl)cc1. The normalized spacial score (nSPS) is 10.8. The van der Waals surface area contributed by atoms with Crippen LogP contribution in [-0.4, -0.2) is 16.8 Å². The minimum atomic E-state index is -0.163. The molecule has 1 heterocycles. The lowest BCUT2D eigenvalue weighted by atomic mass is 10.2. The minimum absolute atomic E-state index is 0.163. The molecule has 0 bridgehead atoms. The van der Waals surface area contributed by atoms with Gasteiger partial charge in [0.1, 0.15) is 5.75 Å². The molecule has 0 aliphatic carbocycles. The summed E-state index contributed by atoms with van der Waals surface area (Å²) in [6, 6.07) is 22.3. The second-order valence-electron chi connectivity index (χ2n) is 6.25. The first-order valence-corrected chi connectivity index (χ1v) is 9.18. The summed E-state index contributed by atoms with van der Waals surface area (Å²) in [4.78, 5) is 17.9. The summed E-state index contributed by atoms with van der Waals surface area (Å²) in [5.74, 6) is 1.26. The Balaban J connectivity index is 1.83. The number of rotatable bonds is 5. The lowest BCUT2D eigenvalue weighted by molar-refractivity contribution is 0.415. The van der Waals surface area contributed by atoms with Crippen LogP contribution in [0, 0.1) is 0 Å². The van der Waals surface area contributed by atoms with Gasteiger partial charge in [0, 0.05) is 10.6 Å². The molecule has 3 aromatic carbocycles. The predicted molar refractivity (Wildman–Crippen MR) is 113 cm³/mol. The smallest absolute Gasteiger partial charge is 0.280 e. The molecule has 28 heavy (non-hydrogen) atoms. The molecule has 4 aromatic rings. The Bertz CT molecular complexity index is 1190. The number of hydrogen-bond acceptors (Lipinski definition) is 4. The van der Waals surface area contributed by atoms with Crippen LogP contribution in [0.1, 0.15) is 5.56 Å². The molecule has 0 saturated heterocycles. The fraction of sp³-hybridized carbons (Fsp3) is 0.0909. The van der Waals surface area contributed by atoms with Gasteiger partial charge < -0.3 is 10.2 Å². The van der Waals surface area contributed by atoms with Crippen LogP contribution in [0.5, 0.6) is 5.75 Å². The number of ether oxygens (including phenoxy) is 1. The van der Waals surface area contributed by atoms with Crippen LogP contribution in [-0.2, 0) is 6.54 Å². The lowest BCUT2D eigenvalue weighted by Gasteiger charge is -2.16. The van der Waals surface area contributed by atoms with Gasteiger partial charge in [-0.05, 0) is 48.0 Å². The van der Waals surface area contributed by atoms with Crippen molar-refractivity contribution in [1.82, 2.24) is 9.66 Å². The molecule has 140 valence electrons. The highest BCUT2D eigenvalue weighted by Crippen LogP contribution is 2.22. The number of benzene rings is 3. The molecule has 0 atom stereocenters. The number of para-hydroxylation sites is 1. The van der Waals surface area contributed by atoms with Crippen molar-refractivity contribution in [2.24, 2.45) is 0 Å². The van der Waals surface area contributed by atoms with Crippen molar-refractivity contribution in [3.8, 4) is 17.1 Å². The number of nitrogens with zero attached hydrogens (tertiary/aromatic N) is 2. The van der Waals surface area contributed by atoms with Crippen LogP contribution in [0.15, 0.2) is 77.6 Å². The van der Waals surface area contributed by atoms with Gasteiger partial charge in [-0.25, -0.2) is 9.66 Å². The lowest BCUT2D eigenvalue weighted by Crippen LogP contribution is -2.31. The molecule has 0 unspecified atom stereocenters. The van der Waals surface area contributed by atoms with Crippen molar-refractivity contribution in [2.45, 2.75) is 6.54 Å². The van der Waals surface area contributed by atoms with Crippen molar-refractivity contribution < 1.29 is 4.74 Å². The van der Waals surface area contributed by atoms with Crippen molar-refractivity contribution in [1.29, 1.82) is 0 Å². The molecular formula is C22H18ClN3O2. The zero-order valence-corrected chi connectivity index (χ0v) is 16.0. The van der Waals surface area contributed by atoms with Gasteiger partial charge in [0.2, 0.25) is 0 Å². The van der Waals surface area contributed by atoms with Gasteiger partial charge in [-0.3, -0.25) is 4.79 Å². The fourth-order valence-electron chi connectivity index (χ4n) is 3.02. The van der Waals surface area contributed by atoms with Crippen LogP contribution in [0.25, 0.3) is 22.3 Å². The zero-order valence-electron chi connectivity index (χ0n) is 15.2. The van der Waals surface area contributed by atoms with E-state index in [1.54, 1.807) is 13.2 Å². The summed E-state index contributed by atoms with van der Waals surface area (Å²) < 4.78 is 6.71. The Hall–Kier alpha value is -3.31. The Kier molecular flexibility index (Phi) is 5.00. The molecule has 6 heteroatoms. The average Bonchev–Trinajstić information content (AvgIpc) is 2.74. The topological polar surface area (TPSA) is 56.1 Å². The summed E-state index contributed by atoms with van der Waals surface area (Å²) in [6.07, 6.45) is 0. The third kappa shape index (κ3) is 3.44. The Morgan fingerprint density at radius 1 is 1.00 bits per heavy atom. The van der Waals surface area contributed by atoms with Gasteiger partial charge in [0.05, 0.1) is 24.6 Å². The van der Waals surface area contributed by atoms with Gasteiger partial charge in [-0.2, -0.15) is 0 Å². The molecule has 0 fully saturated rings. The number of hydrogen-bond donors (Lipinski definition) is 1. The van der Waals surface area contributed by atoms with Crippen molar-refractivity contribution in [3.63, 3.8) is 0 Å². The Labute approximate surface area is 167 Å². The maximum Gasteiger partial charge on any atom is 0.280 e. The van der Waals surface area contributed by atoms with Crippen molar-refractivity contribution >= 4 is 22.5 Å². The summed E-state index contributed by atoms with van der Waals surface area (Å²) >= 11 is 6.26. The molecule has 0 aliphatic rings. The van der Waals surface area contributed by atoms with Crippen LogP contribution in [0.2, 0.25) is 5.02 Å². The molecule has 0 aliphatic heterocycles. The quantitative estimate of drug-likeness (QED) is 0.545. The van der Waals surface area contributed by atoms with Crippen LogP contribution in [0.3, 0.4) is 0 Å². The average molecular weight is 392 g/mol. The van der Waals surface area contributed by atoms with E-state index in [4.69, 9.17) is 21.3 Å². The van der Waals surface area contributed by atoms with E-state index in [0.29, 0.717) is 28.3 Å². The highest BCUT2D eigenvalue weighted by molar-refractivity contribution is 6.31. The standard InChI is InChI=1S/C22H18ClN3O2/c1-28-17-12-10-15(11-13-17)21-25-20-9-5-3-7-18(20)22(27)26(21)24-14-16-6-2-4-8-19(16)23/h2-13,24H,14H2,1H3. The first-order chi connectivity index (χ1) is 13.7. The van der Waals surface area contributed by atoms with Gasteiger partial charge in [-0.1, -0.05) is 41.9 Å². The fourth-order valence-corrected chi connectivity index (χ4v) is 3.22. The van der Waals surface area contributed by atoms with Gasteiger partial charge >= 0.3 is 0 Å². The van der Waals surface area contributed by atoms with E-state index in [0.717, 1.165) is 16.9 Å². The first-order valence-electron chi connectivity index (χ1n) is 8.81. The minimum Gasteiger partial charge on any atom is -0.497 e. The molecule has 0 amide bonds. The van der Waals surface area contributed by atoms with E-state index in [2.05, 4.69) is 5.43 Å². The molecule has 4 rings (SSSR count). The number of fused-ring (bicyclic) bond motifs is 1. The van der Waals surface area contributed by atoms with E-state index in [1.807, 2.05) is 66.7 Å². The second kappa shape index (κ2) is 7.74. The second-order valence-corrected chi connectivity index (χ2v) is 6.66. The van der Waals surface area contributed by atoms with E-state index in [-0.39, 0.29) is 5.56 Å². The third-order valence-electron chi connectivity index (χ3n) is 4.51. The van der Waals surface area contributed by atoms with Gasteiger partial charge in [0.25, 0.3) is 5.56 Å². The summed E-state index contributed by atoms with van der Waals surface area (Å²) in [7, 11) is 1.62. The molecule has 0 saturated carbocycles. The van der Waals surface area contributed by atoms with E-state index in [1.165, 1.54) is 4.68 Å². The van der Waals surface area contributed by atoms with Crippen molar-refractivity contribution in [2.75, 3.05) is 12.5 Å². The van der Waals surface area contributed by atoms with Gasteiger partial charge in [-0.15, -0.1) is 0 Å². The summed E-state index contributed by atoms with van der Waals surface area (Å²) in [5.41, 5.74) is 5.36. The summed E-state index contributed by atoms with van der Waals surface area (Å²) in [6.45, 7) is 0.392. The highest BCUT2D eigenvalue weighted by Gasteiger charge is 2.13. The first kappa shape index (κ1) is 18.1. The molecule has 0 spiro atoms. The highest BCUT2D eigenvalue weighted by atomic mass is 35.5.